The molecule has 0 radical (unpaired) electrons. The van der Waals surface area contributed by atoms with Crippen LogP contribution in [0.4, 0.5) is 20.6 Å². The van der Waals surface area contributed by atoms with Crippen molar-refractivity contribution in [2.45, 2.75) is 13.0 Å². The van der Waals surface area contributed by atoms with Crippen LogP contribution >= 0.6 is 11.6 Å². The Balaban J connectivity index is 1.42. The second-order valence-electron chi connectivity index (χ2n) is 7.35. The Kier molecular flexibility index (Phi) is 6.18. The van der Waals surface area contributed by atoms with Crippen LogP contribution in [0.1, 0.15) is 22.3 Å². The van der Waals surface area contributed by atoms with Crippen molar-refractivity contribution in [1.82, 2.24) is 4.90 Å². The quantitative estimate of drug-likeness (QED) is 0.567. The lowest BCUT2D eigenvalue weighted by atomic mass is 10.1. The highest BCUT2D eigenvalue weighted by atomic mass is 35.5. The molecule has 3 aromatic carbocycles. The predicted molar refractivity (Wildman–Crippen MR) is 120 cm³/mol. The van der Waals surface area contributed by atoms with E-state index in [1.165, 1.54) is 24.3 Å². The minimum Gasteiger partial charge on any atom is -0.322 e. The van der Waals surface area contributed by atoms with E-state index in [0.29, 0.717) is 35.9 Å². The Hall–Kier alpha value is -3.38. The molecule has 1 aliphatic heterocycles. The molecule has 3 aromatic rings. The molecular weight excluding hydrogens is 417 g/mol. The van der Waals surface area contributed by atoms with Gasteiger partial charge < -0.3 is 10.2 Å². The third-order valence-electron chi connectivity index (χ3n) is 5.12. The second kappa shape index (κ2) is 9.18. The van der Waals surface area contributed by atoms with Crippen molar-refractivity contribution in [2.75, 3.05) is 23.3 Å². The number of hydrogen-bond acceptors (Lipinski definition) is 2. The summed E-state index contributed by atoms with van der Waals surface area (Å²) in [5.74, 6) is -0.717. The molecule has 1 heterocycles. The fourth-order valence-electron chi connectivity index (χ4n) is 3.55. The van der Waals surface area contributed by atoms with E-state index in [9.17, 15) is 14.0 Å². The molecule has 7 heteroatoms. The maximum Gasteiger partial charge on any atom is 0.324 e. The van der Waals surface area contributed by atoms with Crippen molar-refractivity contribution in [3.63, 3.8) is 0 Å². The fraction of sp³-hybridized carbons (Fsp3) is 0.167. The summed E-state index contributed by atoms with van der Waals surface area (Å²) >= 11 is 6.06. The molecule has 1 fully saturated rings. The molecule has 0 aromatic heterocycles. The van der Waals surface area contributed by atoms with Crippen LogP contribution in [0.5, 0.6) is 0 Å². The maximum atomic E-state index is 13.0. The maximum absolute atomic E-state index is 13.0. The van der Waals surface area contributed by atoms with Crippen LogP contribution in [0.2, 0.25) is 5.02 Å². The van der Waals surface area contributed by atoms with Crippen LogP contribution in [0.15, 0.2) is 72.8 Å². The van der Waals surface area contributed by atoms with Gasteiger partial charge in [-0.1, -0.05) is 23.7 Å². The molecule has 0 bridgehead atoms. The van der Waals surface area contributed by atoms with Gasteiger partial charge in [0.05, 0.1) is 0 Å². The van der Waals surface area contributed by atoms with Crippen molar-refractivity contribution in [3.8, 4) is 0 Å². The number of amides is 3. The summed E-state index contributed by atoms with van der Waals surface area (Å²) in [6, 6.07) is 19.9. The number of benzene rings is 3. The van der Waals surface area contributed by atoms with Gasteiger partial charge in [-0.2, -0.15) is 0 Å². The van der Waals surface area contributed by atoms with E-state index in [-0.39, 0.29) is 11.9 Å². The fourth-order valence-corrected chi connectivity index (χ4v) is 3.77. The number of carbonyl (C=O) groups is 2. The summed E-state index contributed by atoms with van der Waals surface area (Å²) in [7, 11) is 0. The molecule has 4 rings (SSSR count). The Bertz CT molecular complexity index is 1090. The van der Waals surface area contributed by atoms with E-state index in [2.05, 4.69) is 5.32 Å². The zero-order valence-corrected chi connectivity index (χ0v) is 17.5. The number of urea groups is 1. The van der Waals surface area contributed by atoms with Crippen LogP contribution in [-0.2, 0) is 6.54 Å². The third-order valence-corrected chi connectivity index (χ3v) is 5.35. The first-order valence-corrected chi connectivity index (χ1v) is 10.4. The number of halogens is 2. The van der Waals surface area contributed by atoms with Crippen LogP contribution in [0, 0.1) is 5.82 Å². The normalized spacial score (nSPS) is 13.9. The number of anilines is 2. The molecule has 0 spiro atoms. The summed E-state index contributed by atoms with van der Waals surface area (Å²) in [5.41, 5.74) is 2.72. The Morgan fingerprint density at radius 3 is 2.45 bits per heavy atom. The average Bonchev–Trinajstić information content (AvgIpc) is 2.76. The second-order valence-corrected chi connectivity index (χ2v) is 7.78. The summed E-state index contributed by atoms with van der Waals surface area (Å²) in [5, 5.41) is 3.43. The Labute approximate surface area is 185 Å². The van der Waals surface area contributed by atoms with Crippen LogP contribution < -0.4 is 10.2 Å². The monoisotopic (exact) mass is 437 g/mol. The van der Waals surface area contributed by atoms with Gasteiger partial charge in [-0.25, -0.2) is 9.18 Å². The zero-order chi connectivity index (χ0) is 21.8. The van der Waals surface area contributed by atoms with E-state index in [4.69, 9.17) is 11.6 Å². The van der Waals surface area contributed by atoms with Crippen molar-refractivity contribution >= 4 is 34.9 Å². The topological polar surface area (TPSA) is 52.7 Å². The standard InChI is InChI=1S/C24H21ClFN3O2/c25-19-4-1-3-17(15-19)16-28-13-2-14-29(24(28)31)22-11-9-21(10-12-22)27-23(30)18-5-7-20(26)8-6-18/h1,3-12,15H,2,13-14,16H2,(H,27,30). The smallest absolute Gasteiger partial charge is 0.322 e. The number of nitrogens with zero attached hydrogens (tertiary/aromatic N) is 2. The largest absolute Gasteiger partial charge is 0.324 e. The predicted octanol–water partition coefficient (Wildman–Crippen LogP) is 5.56. The van der Waals surface area contributed by atoms with Crippen LogP contribution in [0.3, 0.4) is 0 Å². The van der Waals surface area contributed by atoms with Crippen molar-refractivity contribution in [2.24, 2.45) is 0 Å². The van der Waals surface area contributed by atoms with Crippen molar-refractivity contribution in [3.05, 3.63) is 94.8 Å². The highest BCUT2D eigenvalue weighted by Crippen LogP contribution is 2.24. The van der Waals surface area contributed by atoms with Gasteiger partial charge in [-0.15, -0.1) is 0 Å². The van der Waals surface area contributed by atoms with Gasteiger partial charge in [0, 0.05) is 41.6 Å². The molecule has 0 saturated carbocycles. The minimum atomic E-state index is -0.392. The molecule has 0 unspecified atom stereocenters. The van der Waals surface area contributed by atoms with Gasteiger partial charge in [-0.3, -0.25) is 9.69 Å². The first-order valence-electron chi connectivity index (χ1n) is 9.97. The van der Waals surface area contributed by atoms with Gasteiger partial charge in [0.2, 0.25) is 0 Å². The SMILES string of the molecule is O=C(Nc1ccc(N2CCCN(Cc3cccc(Cl)c3)C2=O)cc1)c1ccc(F)cc1. The van der Waals surface area contributed by atoms with Crippen LogP contribution in [-0.4, -0.2) is 29.9 Å². The summed E-state index contributed by atoms with van der Waals surface area (Å²) in [6.07, 6.45) is 0.857. The van der Waals surface area contributed by atoms with Crippen LogP contribution in [0.25, 0.3) is 0 Å². The number of nitrogens with one attached hydrogen (secondary N) is 1. The van der Waals surface area contributed by atoms with E-state index in [1.807, 2.05) is 24.3 Å². The number of rotatable bonds is 5. The minimum absolute atomic E-state index is 0.0608. The summed E-state index contributed by atoms with van der Waals surface area (Å²) < 4.78 is 13.0. The molecule has 0 atom stereocenters. The van der Waals surface area contributed by atoms with E-state index in [0.717, 1.165) is 17.7 Å². The highest BCUT2D eigenvalue weighted by molar-refractivity contribution is 6.30. The van der Waals surface area contributed by atoms with E-state index < -0.39 is 5.82 Å². The Morgan fingerprint density at radius 2 is 1.74 bits per heavy atom. The molecule has 1 aliphatic rings. The summed E-state index contributed by atoms with van der Waals surface area (Å²) in [4.78, 5) is 28.8. The van der Waals surface area contributed by atoms with Crippen molar-refractivity contribution in [1.29, 1.82) is 0 Å². The number of carbonyl (C=O) groups excluding carboxylic acids is 2. The summed E-state index contributed by atoms with van der Waals surface area (Å²) in [6.45, 7) is 1.82. The highest BCUT2D eigenvalue weighted by Gasteiger charge is 2.26. The molecule has 5 nitrogen and oxygen atoms in total. The van der Waals surface area contributed by atoms with E-state index >= 15 is 0 Å². The molecule has 31 heavy (non-hydrogen) atoms. The Morgan fingerprint density at radius 1 is 1.00 bits per heavy atom. The molecule has 1 N–H and O–H groups in total. The first-order chi connectivity index (χ1) is 15.0. The third kappa shape index (κ3) is 5.03. The molecule has 0 aliphatic carbocycles. The molecule has 3 amide bonds. The molecular formula is C24H21ClFN3O2. The zero-order valence-electron chi connectivity index (χ0n) is 16.7. The van der Waals surface area contributed by atoms with Gasteiger partial charge in [0.25, 0.3) is 5.91 Å². The van der Waals surface area contributed by atoms with Gasteiger partial charge >= 0.3 is 6.03 Å². The van der Waals surface area contributed by atoms with E-state index in [1.54, 1.807) is 34.1 Å². The lowest BCUT2D eigenvalue weighted by molar-refractivity contribution is 0.102. The van der Waals surface area contributed by atoms with Crippen molar-refractivity contribution < 1.29 is 14.0 Å². The number of hydrogen-bond donors (Lipinski definition) is 1. The average molecular weight is 438 g/mol. The molecule has 1 saturated heterocycles. The molecule has 158 valence electrons. The van der Waals surface area contributed by atoms with Gasteiger partial charge in [0.15, 0.2) is 0 Å². The van der Waals surface area contributed by atoms with Gasteiger partial charge in [-0.05, 0) is 72.6 Å². The lowest BCUT2D eigenvalue weighted by Gasteiger charge is -2.35. The van der Waals surface area contributed by atoms with Gasteiger partial charge in [0.1, 0.15) is 5.82 Å². The first kappa shape index (κ1) is 20.9. The lowest BCUT2D eigenvalue weighted by Crippen LogP contribution is -2.49.